The van der Waals surface area contributed by atoms with E-state index in [1.165, 1.54) is 11.1 Å². The molecule has 4 rings (SSSR count). The number of benzene rings is 3. The molecule has 1 aromatic heterocycles. The number of anilines is 1. The Morgan fingerprint density at radius 1 is 1.04 bits per heavy atom. The summed E-state index contributed by atoms with van der Waals surface area (Å²) >= 11 is 0. The maximum atomic E-state index is 8.86. The molecule has 126 valence electrons. The van der Waals surface area contributed by atoms with Crippen LogP contribution < -0.4 is 5.32 Å². The van der Waals surface area contributed by atoms with Crippen LogP contribution >= 0.6 is 0 Å². The number of nitriles is 1. The molecule has 0 amide bonds. The Morgan fingerprint density at radius 3 is 2.62 bits per heavy atom. The quantitative estimate of drug-likeness (QED) is 0.549. The van der Waals surface area contributed by atoms with Gasteiger partial charge in [0.2, 0.25) is 0 Å². The molecular weight excluding hydrogens is 322 g/mol. The van der Waals surface area contributed by atoms with E-state index >= 15 is 0 Å². The highest BCUT2D eigenvalue weighted by Crippen LogP contribution is 2.30. The van der Waals surface area contributed by atoms with E-state index in [-0.39, 0.29) is 0 Å². The van der Waals surface area contributed by atoms with Crippen molar-refractivity contribution in [2.45, 2.75) is 13.5 Å². The summed E-state index contributed by atoms with van der Waals surface area (Å²) in [6, 6.07) is 24.1. The Balaban J connectivity index is 1.57. The van der Waals surface area contributed by atoms with Crippen LogP contribution in [0, 0.1) is 18.3 Å². The van der Waals surface area contributed by atoms with Gasteiger partial charge in [-0.25, -0.2) is 0 Å². The number of hydrogen-bond acceptors (Lipinski definition) is 4. The monoisotopic (exact) mass is 339 g/mol. The van der Waals surface area contributed by atoms with Crippen molar-refractivity contribution in [1.82, 2.24) is 5.16 Å². The standard InChI is InChI=1S/C22H17N3O/c1-15-4-2-3-5-19(15)18-10-11-20-21(12-18)26-25-22(20)24-14-17-8-6-16(13-23)7-9-17/h2-12H,14H2,1H3,(H,24,25). The largest absolute Gasteiger partial charge is 0.363 e. The van der Waals surface area contributed by atoms with Crippen LogP contribution in [0.25, 0.3) is 22.1 Å². The van der Waals surface area contributed by atoms with E-state index in [0.717, 1.165) is 27.9 Å². The first kappa shape index (κ1) is 15.9. The fraction of sp³-hybridized carbons (Fsp3) is 0.0909. The van der Waals surface area contributed by atoms with Gasteiger partial charge in [-0.3, -0.25) is 0 Å². The summed E-state index contributed by atoms with van der Waals surface area (Å²) in [4.78, 5) is 0. The van der Waals surface area contributed by atoms with Crippen molar-refractivity contribution in [3.8, 4) is 17.2 Å². The molecular formula is C22H17N3O. The van der Waals surface area contributed by atoms with Gasteiger partial charge in [0.05, 0.1) is 17.0 Å². The first-order valence-electron chi connectivity index (χ1n) is 8.43. The van der Waals surface area contributed by atoms with Crippen LogP contribution in [0.3, 0.4) is 0 Å². The molecule has 4 aromatic rings. The van der Waals surface area contributed by atoms with Crippen molar-refractivity contribution in [3.63, 3.8) is 0 Å². The van der Waals surface area contributed by atoms with Crippen molar-refractivity contribution in [1.29, 1.82) is 5.26 Å². The van der Waals surface area contributed by atoms with Crippen LogP contribution in [0.1, 0.15) is 16.7 Å². The van der Waals surface area contributed by atoms with Gasteiger partial charge in [-0.05, 0) is 53.4 Å². The van der Waals surface area contributed by atoms with Crippen molar-refractivity contribution < 1.29 is 4.52 Å². The molecule has 0 atom stereocenters. The number of nitrogens with one attached hydrogen (secondary N) is 1. The van der Waals surface area contributed by atoms with Crippen LogP contribution in [-0.4, -0.2) is 5.16 Å². The molecule has 0 spiro atoms. The summed E-state index contributed by atoms with van der Waals surface area (Å²) < 4.78 is 5.52. The Morgan fingerprint density at radius 2 is 1.85 bits per heavy atom. The highest BCUT2D eigenvalue weighted by molar-refractivity contribution is 5.91. The number of aryl methyl sites for hydroxylation is 1. The van der Waals surface area contributed by atoms with E-state index in [4.69, 9.17) is 9.78 Å². The van der Waals surface area contributed by atoms with Crippen LogP contribution in [-0.2, 0) is 6.54 Å². The predicted molar refractivity (Wildman–Crippen MR) is 103 cm³/mol. The van der Waals surface area contributed by atoms with E-state index < -0.39 is 0 Å². The molecule has 0 radical (unpaired) electrons. The lowest BCUT2D eigenvalue weighted by molar-refractivity contribution is 0.459. The van der Waals surface area contributed by atoms with E-state index in [2.05, 4.69) is 41.7 Å². The van der Waals surface area contributed by atoms with Gasteiger partial charge in [0, 0.05) is 6.54 Å². The lowest BCUT2D eigenvalue weighted by Gasteiger charge is -2.06. The highest BCUT2D eigenvalue weighted by atomic mass is 16.5. The van der Waals surface area contributed by atoms with E-state index in [0.29, 0.717) is 12.1 Å². The second-order valence-electron chi connectivity index (χ2n) is 6.22. The fourth-order valence-corrected chi connectivity index (χ4v) is 3.01. The first-order chi connectivity index (χ1) is 12.7. The Kier molecular flexibility index (Phi) is 4.12. The van der Waals surface area contributed by atoms with Crippen molar-refractivity contribution in [2.75, 3.05) is 5.32 Å². The van der Waals surface area contributed by atoms with Crippen LogP contribution in [0.4, 0.5) is 5.82 Å². The SMILES string of the molecule is Cc1ccccc1-c1ccc2c(NCc3ccc(C#N)cc3)noc2c1. The molecule has 4 heteroatoms. The Bertz CT molecular complexity index is 1100. The van der Waals surface area contributed by atoms with Gasteiger partial charge < -0.3 is 9.84 Å². The molecule has 1 heterocycles. The molecule has 1 N–H and O–H groups in total. The number of aromatic nitrogens is 1. The highest BCUT2D eigenvalue weighted by Gasteiger charge is 2.10. The minimum absolute atomic E-state index is 0.618. The summed E-state index contributed by atoms with van der Waals surface area (Å²) in [5, 5.41) is 17.3. The van der Waals surface area contributed by atoms with Gasteiger partial charge in [0.15, 0.2) is 11.4 Å². The average Bonchev–Trinajstić information content (AvgIpc) is 3.09. The van der Waals surface area contributed by atoms with E-state index in [1.54, 1.807) is 0 Å². The molecule has 0 unspecified atom stereocenters. The zero-order valence-electron chi connectivity index (χ0n) is 14.4. The third-order valence-corrected chi connectivity index (χ3v) is 4.47. The molecule has 0 aliphatic carbocycles. The van der Waals surface area contributed by atoms with Crippen LogP contribution in [0.2, 0.25) is 0 Å². The zero-order chi connectivity index (χ0) is 17.9. The number of rotatable bonds is 4. The smallest absolute Gasteiger partial charge is 0.177 e. The normalized spacial score (nSPS) is 10.6. The lowest BCUT2D eigenvalue weighted by atomic mass is 10.00. The third kappa shape index (κ3) is 3.03. The molecule has 0 aliphatic heterocycles. The van der Waals surface area contributed by atoms with Crippen molar-refractivity contribution in [2.24, 2.45) is 0 Å². The average molecular weight is 339 g/mol. The fourth-order valence-electron chi connectivity index (χ4n) is 3.01. The summed E-state index contributed by atoms with van der Waals surface area (Å²) in [5.41, 5.74) is 6.03. The van der Waals surface area contributed by atoms with Gasteiger partial charge in [0.1, 0.15) is 0 Å². The van der Waals surface area contributed by atoms with Crippen molar-refractivity contribution >= 4 is 16.8 Å². The molecule has 3 aromatic carbocycles. The zero-order valence-corrected chi connectivity index (χ0v) is 14.4. The van der Waals surface area contributed by atoms with Crippen LogP contribution in [0.5, 0.6) is 0 Å². The van der Waals surface area contributed by atoms with E-state index in [1.807, 2.05) is 48.5 Å². The first-order valence-corrected chi connectivity index (χ1v) is 8.43. The summed E-state index contributed by atoms with van der Waals surface area (Å²) in [5.74, 6) is 0.723. The molecule has 0 bridgehead atoms. The molecule has 26 heavy (non-hydrogen) atoms. The summed E-state index contributed by atoms with van der Waals surface area (Å²) in [7, 11) is 0. The summed E-state index contributed by atoms with van der Waals surface area (Å²) in [6.45, 7) is 2.72. The Labute approximate surface area is 151 Å². The lowest BCUT2D eigenvalue weighted by Crippen LogP contribution is -1.99. The molecule has 0 aliphatic rings. The minimum atomic E-state index is 0.618. The molecule has 0 saturated heterocycles. The van der Waals surface area contributed by atoms with Gasteiger partial charge >= 0.3 is 0 Å². The molecule has 4 nitrogen and oxygen atoms in total. The minimum Gasteiger partial charge on any atom is -0.363 e. The van der Waals surface area contributed by atoms with Gasteiger partial charge in [-0.1, -0.05) is 47.6 Å². The van der Waals surface area contributed by atoms with E-state index in [9.17, 15) is 0 Å². The maximum absolute atomic E-state index is 8.86. The second kappa shape index (κ2) is 6.73. The Hall–Kier alpha value is -3.58. The number of nitrogens with zero attached hydrogens (tertiary/aromatic N) is 2. The molecule has 0 fully saturated rings. The number of fused-ring (bicyclic) bond motifs is 1. The number of hydrogen-bond donors (Lipinski definition) is 1. The maximum Gasteiger partial charge on any atom is 0.177 e. The second-order valence-corrected chi connectivity index (χ2v) is 6.22. The topological polar surface area (TPSA) is 61.9 Å². The van der Waals surface area contributed by atoms with Gasteiger partial charge in [0.25, 0.3) is 0 Å². The van der Waals surface area contributed by atoms with Crippen molar-refractivity contribution in [3.05, 3.63) is 83.4 Å². The molecule has 0 saturated carbocycles. The summed E-state index contributed by atoms with van der Waals surface area (Å²) in [6.07, 6.45) is 0. The van der Waals surface area contributed by atoms with Gasteiger partial charge in [-0.15, -0.1) is 0 Å². The predicted octanol–water partition coefficient (Wildman–Crippen LogP) is 5.29. The van der Waals surface area contributed by atoms with Gasteiger partial charge in [-0.2, -0.15) is 5.26 Å². The third-order valence-electron chi connectivity index (χ3n) is 4.47. The van der Waals surface area contributed by atoms with Crippen LogP contribution in [0.15, 0.2) is 71.3 Å².